The fourth-order valence-electron chi connectivity index (χ4n) is 2.30. The Morgan fingerprint density at radius 3 is 2.62 bits per heavy atom. The number of carbonyl (C=O) groups is 1. The number of hydrogen-bond donors (Lipinski definition) is 2. The zero-order valence-electron chi connectivity index (χ0n) is 14.1. The van der Waals surface area contributed by atoms with Crippen molar-refractivity contribution in [1.29, 1.82) is 0 Å². The number of nitrogens with one attached hydrogen (secondary N) is 2. The molecule has 0 spiro atoms. The van der Waals surface area contributed by atoms with Crippen molar-refractivity contribution in [2.24, 2.45) is 5.92 Å². The van der Waals surface area contributed by atoms with E-state index in [1.165, 1.54) is 25.3 Å². The molecule has 130 valence electrons. The molecule has 0 unspecified atom stereocenters. The number of rotatable bonds is 6. The molecule has 8 heteroatoms. The maximum absolute atomic E-state index is 12.5. The van der Waals surface area contributed by atoms with Gasteiger partial charge in [-0.1, -0.05) is 13.8 Å². The van der Waals surface area contributed by atoms with Crippen LogP contribution in [0.25, 0.3) is 0 Å². The summed E-state index contributed by atoms with van der Waals surface area (Å²) in [6.45, 7) is 5.78. The van der Waals surface area contributed by atoms with E-state index in [-0.39, 0.29) is 10.7 Å². The molecule has 0 amide bonds. The molecule has 0 aliphatic heterocycles. The number of nitrogens with zero attached hydrogens (tertiary/aromatic N) is 1. The highest BCUT2D eigenvalue weighted by molar-refractivity contribution is 7.92. The minimum atomic E-state index is -3.78. The van der Waals surface area contributed by atoms with E-state index in [9.17, 15) is 13.2 Å². The summed E-state index contributed by atoms with van der Waals surface area (Å²) in [5, 5.41) is 6.79. The first-order valence-electron chi connectivity index (χ1n) is 7.49. The van der Waals surface area contributed by atoms with Crippen molar-refractivity contribution in [3.63, 3.8) is 0 Å². The molecule has 0 saturated carbocycles. The van der Waals surface area contributed by atoms with Crippen LogP contribution in [0.1, 0.15) is 35.5 Å². The number of aromatic nitrogens is 2. The van der Waals surface area contributed by atoms with E-state index in [1.807, 2.05) is 0 Å². The number of aryl methyl sites for hydroxylation is 1. The van der Waals surface area contributed by atoms with Gasteiger partial charge in [-0.2, -0.15) is 5.10 Å². The molecule has 1 aromatic heterocycles. The minimum absolute atomic E-state index is 0.0565. The number of benzene rings is 1. The second-order valence-electron chi connectivity index (χ2n) is 5.95. The Hall–Kier alpha value is -2.35. The van der Waals surface area contributed by atoms with Crippen molar-refractivity contribution in [2.45, 2.75) is 32.1 Å². The minimum Gasteiger partial charge on any atom is -0.465 e. The molecule has 0 aliphatic carbocycles. The first kappa shape index (κ1) is 18.0. The molecular weight excluding hydrogens is 330 g/mol. The lowest BCUT2D eigenvalue weighted by atomic mass is 10.1. The molecule has 2 aromatic rings. The van der Waals surface area contributed by atoms with Crippen LogP contribution in [0.3, 0.4) is 0 Å². The smallest absolute Gasteiger partial charge is 0.338 e. The van der Waals surface area contributed by atoms with E-state index in [2.05, 4.69) is 33.5 Å². The Kier molecular flexibility index (Phi) is 5.28. The van der Waals surface area contributed by atoms with Crippen molar-refractivity contribution in [3.8, 4) is 0 Å². The third kappa shape index (κ3) is 4.14. The van der Waals surface area contributed by atoms with Gasteiger partial charge in [0.15, 0.2) is 5.82 Å². The first-order chi connectivity index (χ1) is 11.2. The lowest BCUT2D eigenvalue weighted by Gasteiger charge is -2.08. The van der Waals surface area contributed by atoms with Gasteiger partial charge in [-0.25, -0.2) is 13.2 Å². The first-order valence-corrected chi connectivity index (χ1v) is 8.97. The maximum Gasteiger partial charge on any atom is 0.338 e. The fraction of sp³-hybridized carbons (Fsp3) is 0.375. The lowest BCUT2D eigenvalue weighted by molar-refractivity contribution is 0.0600. The molecule has 2 N–H and O–H groups in total. The number of anilines is 1. The molecule has 0 saturated heterocycles. The van der Waals surface area contributed by atoms with Crippen LogP contribution < -0.4 is 4.72 Å². The number of methoxy groups -OCH3 is 1. The monoisotopic (exact) mass is 351 g/mol. The van der Waals surface area contributed by atoms with Crippen molar-refractivity contribution in [1.82, 2.24) is 10.2 Å². The number of aromatic amines is 1. The van der Waals surface area contributed by atoms with E-state index in [0.717, 1.165) is 12.1 Å². The van der Waals surface area contributed by atoms with E-state index in [1.54, 1.807) is 13.0 Å². The van der Waals surface area contributed by atoms with E-state index in [4.69, 9.17) is 0 Å². The number of hydrogen-bond acceptors (Lipinski definition) is 5. The maximum atomic E-state index is 12.5. The number of esters is 1. The molecule has 0 aliphatic rings. The molecule has 1 heterocycles. The predicted molar refractivity (Wildman–Crippen MR) is 90.5 cm³/mol. The molecule has 0 radical (unpaired) electrons. The summed E-state index contributed by atoms with van der Waals surface area (Å²) in [5.41, 5.74) is 1.71. The Balaban J connectivity index is 2.23. The van der Waals surface area contributed by atoms with Crippen molar-refractivity contribution in [2.75, 3.05) is 11.8 Å². The zero-order valence-corrected chi connectivity index (χ0v) is 14.9. The summed E-state index contributed by atoms with van der Waals surface area (Å²) in [6.07, 6.45) is 0.779. The SMILES string of the molecule is COC(=O)c1ccc(S(=O)(=O)Nc2cc(CC(C)C)[nH]n2)cc1C. The molecule has 7 nitrogen and oxygen atoms in total. The van der Waals surface area contributed by atoms with Crippen LogP contribution in [-0.4, -0.2) is 31.7 Å². The topological polar surface area (TPSA) is 101 Å². The summed E-state index contributed by atoms with van der Waals surface area (Å²) in [5.74, 6) is 0.166. The van der Waals surface area contributed by atoms with Crippen LogP contribution in [-0.2, 0) is 21.2 Å². The lowest BCUT2D eigenvalue weighted by Crippen LogP contribution is -2.14. The summed E-state index contributed by atoms with van der Waals surface area (Å²) >= 11 is 0. The Morgan fingerprint density at radius 1 is 1.33 bits per heavy atom. The molecule has 0 fully saturated rings. The van der Waals surface area contributed by atoms with Crippen LogP contribution in [0.2, 0.25) is 0 Å². The van der Waals surface area contributed by atoms with Gasteiger partial charge in [-0.15, -0.1) is 0 Å². The van der Waals surface area contributed by atoms with Crippen LogP contribution in [0.4, 0.5) is 5.82 Å². The quantitative estimate of drug-likeness (QED) is 0.779. The third-order valence-electron chi connectivity index (χ3n) is 3.41. The zero-order chi connectivity index (χ0) is 17.9. The highest BCUT2D eigenvalue weighted by atomic mass is 32.2. The standard InChI is InChI=1S/C16H21N3O4S/c1-10(2)7-12-9-15(18-17-12)19-24(21,22)13-5-6-14(11(3)8-13)16(20)23-4/h5-6,8-10H,7H2,1-4H3,(H2,17,18,19). The normalized spacial score (nSPS) is 11.5. The predicted octanol–water partition coefficient (Wildman–Crippen LogP) is 2.50. The van der Waals surface area contributed by atoms with Gasteiger partial charge >= 0.3 is 5.97 Å². The summed E-state index contributed by atoms with van der Waals surface area (Å²) < 4.78 is 32.0. The van der Waals surface area contributed by atoms with Gasteiger partial charge in [0.05, 0.1) is 17.6 Å². The molecule has 0 atom stereocenters. The molecule has 0 bridgehead atoms. The summed E-state index contributed by atoms with van der Waals surface area (Å²) in [4.78, 5) is 11.6. The average Bonchev–Trinajstić information content (AvgIpc) is 2.91. The molecular formula is C16H21N3O4S. The van der Waals surface area contributed by atoms with Crippen LogP contribution in [0.15, 0.2) is 29.2 Å². The second-order valence-corrected chi connectivity index (χ2v) is 7.63. The van der Waals surface area contributed by atoms with E-state index >= 15 is 0 Å². The van der Waals surface area contributed by atoms with E-state index < -0.39 is 16.0 Å². The van der Waals surface area contributed by atoms with Gasteiger partial charge in [0.1, 0.15) is 0 Å². The van der Waals surface area contributed by atoms with Crippen molar-refractivity contribution < 1.29 is 17.9 Å². The van der Waals surface area contributed by atoms with Gasteiger partial charge in [0.2, 0.25) is 0 Å². The van der Waals surface area contributed by atoms with Crippen LogP contribution >= 0.6 is 0 Å². The number of sulfonamides is 1. The number of carbonyl (C=O) groups excluding carboxylic acids is 1. The Labute approximate surface area is 141 Å². The highest BCUT2D eigenvalue weighted by Crippen LogP contribution is 2.19. The fourth-order valence-corrected chi connectivity index (χ4v) is 3.37. The van der Waals surface area contributed by atoms with Crippen molar-refractivity contribution >= 4 is 21.8 Å². The van der Waals surface area contributed by atoms with Crippen LogP contribution in [0.5, 0.6) is 0 Å². The Bertz CT molecular complexity index is 841. The molecule has 24 heavy (non-hydrogen) atoms. The molecule has 1 aromatic carbocycles. The third-order valence-corrected chi connectivity index (χ3v) is 4.76. The number of H-pyrrole nitrogens is 1. The van der Waals surface area contributed by atoms with Crippen molar-refractivity contribution in [3.05, 3.63) is 41.1 Å². The van der Waals surface area contributed by atoms with Gasteiger partial charge in [0, 0.05) is 11.8 Å². The second kappa shape index (κ2) is 7.04. The Morgan fingerprint density at radius 2 is 2.04 bits per heavy atom. The number of ether oxygens (including phenoxy) is 1. The average molecular weight is 351 g/mol. The van der Waals surface area contributed by atoms with Gasteiger partial charge in [0.25, 0.3) is 10.0 Å². The molecule has 2 rings (SSSR count). The van der Waals surface area contributed by atoms with Crippen LogP contribution in [0, 0.1) is 12.8 Å². The summed E-state index contributed by atoms with van der Waals surface area (Å²) in [7, 11) is -2.51. The largest absolute Gasteiger partial charge is 0.465 e. The summed E-state index contributed by atoms with van der Waals surface area (Å²) in [6, 6.07) is 5.90. The van der Waals surface area contributed by atoms with E-state index in [0.29, 0.717) is 17.0 Å². The highest BCUT2D eigenvalue weighted by Gasteiger charge is 2.19. The van der Waals surface area contributed by atoms with Gasteiger partial charge < -0.3 is 4.74 Å². The van der Waals surface area contributed by atoms with Gasteiger partial charge in [-0.05, 0) is 43.0 Å². The van der Waals surface area contributed by atoms with Gasteiger partial charge in [-0.3, -0.25) is 9.82 Å².